The van der Waals surface area contributed by atoms with Crippen molar-refractivity contribution in [3.8, 4) is 0 Å². The van der Waals surface area contributed by atoms with Crippen LogP contribution < -0.4 is 5.43 Å². The Morgan fingerprint density at radius 2 is 2.10 bits per heavy atom. The number of hydrogen-bond acceptors (Lipinski definition) is 3. The van der Waals surface area contributed by atoms with Gasteiger partial charge in [0.1, 0.15) is 5.78 Å². The van der Waals surface area contributed by atoms with Gasteiger partial charge in [0.05, 0.1) is 0 Å². The van der Waals surface area contributed by atoms with Crippen LogP contribution in [0.15, 0.2) is 33.8 Å². The van der Waals surface area contributed by atoms with Crippen molar-refractivity contribution < 1.29 is 9.59 Å². The number of halogens is 1. The van der Waals surface area contributed by atoms with Gasteiger partial charge in [0.2, 0.25) is 0 Å². The molecule has 0 spiro atoms. The Morgan fingerprint density at radius 3 is 2.75 bits per heavy atom. The lowest BCUT2D eigenvalue weighted by Crippen LogP contribution is -2.31. The summed E-state index contributed by atoms with van der Waals surface area (Å²) in [5, 5.41) is 4.12. The molecule has 1 aromatic rings. The number of nitrogens with one attached hydrogen (secondary N) is 1. The molecule has 1 amide bonds. The van der Waals surface area contributed by atoms with Gasteiger partial charge in [-0.1, -0.05) is 35.8 Å². The maximum atomic E-state index is 12.0. The first-order valence-corrected chi connectivity index (χ1v) is 7.28. The van der Waals surface area contributed by atoms with Crippen molar-refractivity contribution in [2.24, 2.45) is 10.5 Å². The normalized spacial score (nSPS) is 19.9. The van der Waals surface area contributed by atoms with Crippen molar-refractivity contribution in [2.45, 2.75) is 33.1 Å². The maximum Gasteiger partial charge on any atom is 0.271 e. The van der Waals surface area contributed by atoms with E-state index in [2.05, 4.69) is 26.5 Å². The lowest BCUT2D eigenvalue weighted by atomic mass is 9.76. The summed E-state index contributed by atoms with van der Waals surface area (Å²) in [7, 11) is 0. The fourth-order valence-corrected chi connectivity index (χ4v) is 2.80. The Morgan fingerprint density at radius 1 is 1.35 bits per heavy atom. The van der Waals surface area contributed by atoms with E-state index in [1.807, 2.05) is 19.9 Å². The molecule has 1 N–H and O–H groups in total. The number of Topliss-reactive ketones (excluding diaryl/α,β-unsaturated/α-hetero) is 1. The minimum atomic E-state index is -0.269. The molecule has 0 bridgehead atoms. The third kappa shape index (κ3) is 4.00. The number of ketones is 1. The monoisotopic (exact) mass is 336 g/mol. The average Bonchev–Trinajstić information content (AvgIpc) is 2.33. The molecule has 1 saturated carbocycles. The number of amides is 1. The lowest BCUT2D eigenvalue weighted by Gasteiger charge is -2.28. The SMILES string of the molecule is CC1(C)CC(=O)C/C(=N/NC(=O)c2cccc(Br)c2)C1. The van der Waals surface area contributed by atoms with Crippen LogP contribution in [0.4, 0.5) is 0 Å². The summed E-state index contributed by atoms with van der Waals surface area (Å²) >= 11 is 3.32. The summed E-state index contributed by atoms with van der Waals surface area (Å²) in [5.74, 6) is -0.0914. The van der Waals surface area contributed by atoms with Crippen molar-refractivity contribution in [1.29, 1.82) is 0 Å². The highest BCUT2D eigenvalue weighted by atomic mass is 79.9. The van der Waals surface area contributed by atoms with Crippen molar-refractivity contribution in [3.05, 3.63) is 34.3 Å². The molecule has 0 atom stereocenters. The predicted molar refractivity (Wildman–Crippen MR) is 81.7 cm³/mol. The Hall–Kier alpha value is -1.49. The Bertz CT molecular complexity index is 579. The van der Waals surface area contributed by atoms with Gasteiger partial charge in [-0.2, -0.15) is 5.10 Å². The van der Waals surface area contributed by atoms with E-state index < -0.39 is 0 Å². The number of rotatable bonds is 2. The number of benzene rings is 1. The Balaban J connectivity index is 2.05. The van der Waals surface area contributed by atoms with Crippen LogP contribution in [0.3, 0.4) is 0 Å². The van der Waals surface area contributed by atoms with E-state index in [1.54, 1.807) is 18.2 Å². The van der Waals surface area contributed by atoms with Gasteiger partial charge in [-0.05, 0) is 30.0 Å². The average molecular weight is 337 g/mol. The van der Waals surface area contributed by atoms with Crippen LogP contribution >= 0.6 is 15.9 Å². The summed E-state index contributed by atoms with van der Waals surface area (Å²) in [4.78, 5) is 23.6. The molecule has 1 aliphatic rings. The van der Waals surface area contributed by atoms with Gasteiger partial charge in [-0.3, -0.25) is 9.59 Å². The van der Waals surface area contributed by atoms with E-state index in [4.69, 9.17) is 0 Å². The molecule has 0 unspecified atom stereocenters. The van der Waals surface area contributed by atoms with Crippen LogP contribution in [-0.4, -0.2) is 17.4 Å². The second-order valence-electron chi connectivity index (χ2n) is 5.86. The summed E-state index contributed by atoms with van der Waals surface area (Å²) in [6, 6.07) is 7.09. The van der Waals surface area contributed by atoms with Gasteiger partial charge in [-0.15, -0.1) is 0 Å². The third-order valence-corrected chi connectivity index (χ3v) is 3.66. The van der Waals surface area contributed by atoms with E-state index in [9.17, 15) is 9.59 Å². The van der Waals surface area contributed by atoms with Gasteiger partial charge >= 0.3 is 0 Å². The summed E-state index contributed by atoms with van der Waals surface area (Å²) in [6.07, 6.45) is 1.64. The van der Waals surface area contributed by atoms with E-state index in [1.165, 1.54) is 0 Å². The molecule has 1 aromatic carbocycles. The Kier molecular flexibility index (Phi) is 4.38. The quantitative estimate of drug-likeness (QED) is 0.842. The molecule has 106 valence electrons. The molecule has 20 heavy (non-hydrogen) atoms. The zero-order valence-electron chi connectivity index (χ0n) is 11.6. The fraction of sp³-hybridized carbons (Fsp3) is 0.400. The maximum absolute atomic E-state index is 12.0. The smallest absolute Gasteiger partial charge is 0.271 e. The third-order valence-electron chi connectivity index (χ3n) is 3.16. The van der Waals surface area contributed by atoms with E-state index in [0.29, 0.717) is 18.4 Å². The van der Waals surface area contributed by atoms with Crippen LogP contribution in [0.25, 0.3) is 0 Å². The van der Waals surface area contributed by atoms with Crippen molar-refractivity contribution in [3.63, 3.8) is 0 Å². The largest absolute Gasteiger partial charge is 0.299 e. The van der Waals surface area contributed by atoms with Crippen molar-refractivity contribution in [2.75, 3.05) is 0 Å². The minimum Gasteiger partial charge on any atom is -0.299 e. The van der Waals surface area contributed by atoms with Crippen molar-refractivity contribution >= 4 is 33.3 Å². The van der Waals surface area contributed by atoms with Crippen LogP contribution in [-0.2, 0) is 4.79 Å². The molecule has 5 heteroatoms. The van der Waals surface area contributed by atoms with E-state index in [0.717, 1.165) is 16.6 Å². The van der Waals surface area contributed by atoms with Crippen molar-refractivity contribution in [1.82, 2.24) is 5.43 Å². The highest BCUT2D eigenvalue weighted by Gasteiger charge is 2.30. The van der Waals surface area contributed by atoms with Crippen LogP contribution in [0, 0.1) is 5.41 Å². The highest BCUT2D eigenvalue weighted by molar-refractivity contribution is 9.10. The number of carbonyl (C=O) groups is 2. The van der Waals surface area contributed by atoms with Crippen LogP contribution in [0.1, 0.15) is 43.5 Å². The number of carbonyl (C=O) groups excluding carboxylic acids is 2. The topological polar surface area (TPSA) is 58.5 Å². The zero-order chi connectivity index (χ0) is 14.8. The number of nitrogens with zero attached hydrogens (tertiary/aromatic N) is 1. The van der Waals surface area contributed by atoms with Crippen LogP contribution in [0.2, 0.25) is 0 Å². The lowest BCUT2D eigenvalue weighted by molar-refractivity contribution is -0.120. The molecule has 0 aromatic heterocycles. The molecule has 0 radical (unpaired) electrons. The summed E-state index contributed by atoms with van der Waals surface area (Å²) in [5.41, 5.74) is 3.73. The molecule has 1 aliphatic carbocycles. The molecule has 4 nitrogen and oxygen atoms in total. The van der Waals surface area contributed by atoms with Gasteiger partial charge < -0.3 is 0 Å². The summed E-state index contributed by atoms with van der Waals surface area (Å²) in [6.45, 7) is 4.07. The molecule has 0 saturated heterocycles. The first-order chi connectivity index (χ1) is 9.35. The van der Waals surface area contributed by atoms with Gasteiger partial charge in [0, 0.05) is 28.6 Å². The van der Waals surface area contributed by atoms with Gasteiger partial charge in [0.25, 0.3) is 5.91 Å². The molecular formula is C15H17BrN2O2. The second kappa shape index (κ2) is 5.87. The summed E-state index contributed by atoms with van der Waals surface area (Å²) < 4.78 is 0.840. The van der Waals surface area contributed by atoms with Gasteiger partial charge in [-0.25, -0.2) is 5.43 Å². The molecule has 2 rings (SSSR count). The highest BCUT2D eigenvalue weighted by Crippen LogP contribution is 2.31. The predicted octanol–water partition coefficient (Wildman–Crippen LogP) is 3.31. The first-order valence-electron chi connectivity index (χ1n) is 6.49. The molecular weight excluding hydrogens is 320 g/mol. The standard InChI is InChI=1S/C15H17BrN2O2/c1-15(2)8-12(7-13(19)9-15)17-18-14(20)10-4-3-5-11(16)6-10/h3-6H,7-9H2,1-2H3,(H,18,20)/b17-12-. The number of hydrogen-bond donors (Lipinski definition) is 1. The minimum absolute atomic E-state index is 0.0747. The van der Waals surface area contributed by atoms with E-state index in [-0.39, 0.29) is 17.1 Å². The molecule has 1 fully saturated rings. The van der Waals surface area contributed by atoms with Gasteiger partial charge in [0.15, 0.2) is 0 Å². The second-order valence-corrected chi connectivity index (χ2v) is 6.78. The molecule has 0 aliphatic heterocycles. The van der Waals surface area contributed by atoms with Crippen LogP contribution in [0.5, 0.6) is 0 Å². The van der Waals surface area contributed by atoms with E-state index >= 15 is 0 Å². The fourth-order valence-electron chi connectivity index (χ4n) is 2.40. The zero-order valence-corrected chi connectivity index (χ0v) is 13.2. The molecule has 0 heterocycles. The number of hydrazone groups is 1. The Labute approximate surface area is 126 Å². The first kappa shape index (κ1) is 14.9.